The van der Waals surface area contributed by atoms with Gasteiger partial charge in [-0.15, -0.1) is 24.8 Å². The number of nitrogens with one attached hydrogen (secondary N) is 1. The standard InChI is InChI=1S/C19H23N3O3.2ClH/c1-24-15-6-8-16(9-7-15)25-18-10-5-14(12-21-18)22-19(23)17-4-2-3-13(17)11-20;;/h5-10,12-13,17H,2-4,11,20H2,1H3,(H,22,23);2*1H/t13-,17-;;/m1../s1. The molecule has 1 aromatic carbocycles. The third kappa shape index (κ3) is 5.99. The smallest absolute Gasteiger partial charge is 0.227 e. The molecular weight excluding hydrogens is 389 g/mol. The molecule has 2 atom stereocenters. The van der Waals surface area contributed by atoms with Crippen molar-refractivity contribution in [2.75, 3.05) is 19.0 Å². The van der Waals surface area contributed by atoms with Crippen molar-refractivity contribution >= 4 is 36.4 Å². The van der Waals surface area contributed by atoms with Crippen LogP contribution in [0, 0.1) is 11.8 Å². The molecule has 6 nitrogen and oxygen atoms in total. The molecule has 0 unspecified atom stereocenters. The Hall–Kier alpha value is -2.02. The van der Waals surface area contributed by atoms with Crippen LogP contribution < -0.4 is 20.5 Å². The molecule has 8 heteroatoms. The first-order valence-electron chi connectivity index (χ1n) is 8.48. The van der Waals surface area contributed by atoms with Crippen LogP contribution in [0.25, 0.3) is 0 Å². The normalized spacial score (nSPS) is 18.0. The molecule has 0 aliphatic heterocycles. The van der Waals surface area contributed by atoms with E-state index < -0.39 is 0 Å². The minimum Gasteiger partial charge on any atom is -0.497 e. The van der Waals surface area contributed by atoms with Gasteiger partial charge in [-0.05, 0) is 55.6 Å². The maximum Gasteiger partial charge on any atom is 0.227 e. The Balaban J connectivity index is 0.00000182. The number of nitrogens with zero attached hydrogens (tertiary/aromatic N) is 1. The van der Waals surface area contributed by atoms with Gasteiger partial charge in [0.1, 0.15) is 11.5 Å². The van der Waals surface area contributed by atoms with Crippen molar-refractivity contribution < 1.29 is 14.3 Å². The molecule has 0 spiro atoms. The fourth-order valence-corrected chi connectivity index (χ4v) is 3.18. The molecule has 1 fully saturated rings. The predicted octanol–water partition coefficient (Wildman–Crippen LogP) is 4.04. The SMILES string of the molecule is COc1ccc(Oc2ccc(NC(=O)[C@@H]3CCC[C@@H]3CN)cn2)cc1.Cl.Cl. The zero-order valence-corrected chi connectivity index (χ0v) is 16.7. The molecule has 3 rings (SSSR count). The van der Waals surface area contributed by atoms with Gasteiger partial charge in [0.2, 0.25) is 11.8 Å². The van der Waals surface area contributed by atoms with Crippen LogP contribution in [0.4, 0.5) is 5.69 Å². The monoisotopic (exact) mass is 413 g/mol. The minimum atomic E-state index is 0. The second-order valence-electron chi connectivity index (χ2n) is 6.19. The van der Waals surface area contributed by atoms with Crippen molar-refractivity contribution in [3.63, 3.8) is 0 Å². The van der Waals surface area contributed by atoms with Gasteiger partial charge in [-0.1, -0.05) is 6.42 Å². The highest BCUT2D eigenvalue weighted by atomic mass is 35.5. The molecule has 27 heavy (non-hydrogen) atoms. The number of rotatable bonds is 6. The van der Waals surface area contributed by atoms with Crippen LogP contribution in [0.3, 0.4) is 0 Å². The van der Waals surface area contributed by atoms with Gasteiger partial charge in [0, 0.05) is 12.0 Å². The summed E-state index contributed by atoms with van der Waals surface area (Å²) in [7, 11) is 1.62. The lowest BCUT2D eigenvalue weighted by atomic mass is 9.95. The number of pyridine rings is 1. The Morgan fingerprint density at radius 2 is 1.85 bits per heavy atom. The third-order valence-electron chi connectivity index (χ3n) is 4.58. The Morgan fingerprint density at radius 1 is 1.15 bits per heavy atom. The number of aromatic nitrogens is 1. The number of halogens is 2. The van der Waals surface area contributed by atoms with Crippen LogP contribution in [0.1, 0.15) is 19.3 Å². The summed E-state index contributed by atoms with van der Waals surface area (Å²) < 4.78 is 10.8. The van der Waals surface area contributed by atoms with Crippen molar-refractivity contribution in [3.8, 4) is 17.4 Å². The summed E-state index contributed by atoms with van der Waals surface area (Å²) >= 11 is 0. The molecule has 1 heterocycles. The summed E-state index contributed by atoms with van der Waals surface area (Å²) in [6.45, 7) is 0.560. The Kier molecular flexibility index (Phi) is 9.35. The van der Waals surface area contributed by atoms with Gasteiger partial charge in [0.05, 0.1) is 19.0 Å². The maximum atomic E-state index is 12.4. The Labute approximate surface area is 171 Å². The van der Waals surface area contributed by atoms with Gasteiger partial charge in [-0.3, -0.25) is 4.79 Å². The molecule has 1 aromatic heterocycles. The first-order chi connectivity index (χ1) is 12.2. The zero-order chi connectivity index (χ0) is 17.6. The average Bonchev–Trinajstić information content (AvgIpc) is 3.13. The second kappa shape index (κ2) is 11.0. The lowest BCUT2D eigenvalue weighted by Gasteiger charge is -2.17. The highest BCUT2D eigenvalue weighted by Crippen LogP contribution is 2.32. The lowest BCUT2D eigenvalue weighted by Crippen LogP contribution is -2.29. The first-order valence-corrected chi connectivity index (χ1v) is 8.48. The van der Waals surface area contributed by atoms with Gasteiger partial charge in [-0.25, -0.2) is 4.98 Å². The van der Waals surface area contributed by atoms with E-state index in [4.69, 9.17) is 15.2 Å². The van der Waals surface area contributed by atoms with Gasteiger partial charge >= 0.3 is 0 Å². The van der Waals surface area contributed by atoms with Crippen molar-refractivity contribution in [3.05, 3.63) is 42.6 Å². The number of methoxy groups -OCH3 is 1. The van der Waals surface area contributed by atoms with Crippen molar-refractivity contribution in [1.29, 1.82) is 0 Å². The fourth-order valence-electron chi connectivity index (χ4n) is 3.18. The number of hydrogen-bond donors (Lipinski definition) is 2. The van der Waals surface area contributed by atoms with Crippen LogP contribution in [-0.2, 0) is 4.79 Å². The van der Waals surface area contributed by atoms with E-state index in [1.807, 2.05) is 24.3 Å². The molecule has 1 amide bonds. The number of anilines is 1. The van der Waals surface area contributed by atoms with E-state index in [2.05, 4.69) is 10.3 Å². The summed E-state index contributed by atoms with van der Waals surface area (Å²) in [5.41, 5.74) is 6.41. The van der Waals surface area contributed by atoms with Gasteiger partial charge in [0.15, 0.2) is 0 Å². The fraction of sp³-hybridized carbons (Fsp3) is 0.368. The highest BCUT2D eigenvalue weighted by Gasteiger charge is 2.31. The van der Waals surface area contributed by atoms with Crippen molar-refractivity contribution in [1.82, 2.24) is 4.98 Å². The Bertz CT molecular complexity index is 711. The molecule has 2 aromatic rings. The number of benzene rings is 1. The van der Waals surface area contributed by atoms with Crippen LogP contribution in [-0.4, -0.2) is 24.5 Å². The van der Waals surface area contributed by atoms with Gasteiger partial charge in [-0.2, -0.15) is 0 Å². The first kappa shape index (κ1) is 23.0. The molecular formula is C19H25Cl2N3O3. The second-order valence-corrected chi connectivity index (χ2v) is 6.19. The van der Waals surface area contributed by atoms with Crippen LogP contribution in [0.5, 0.6) is 17.4 Å². The van der Waals surface area contributed by atoms with E-state index in [1.165, 1.54) is 0 Å². The molecule has 0 bridgehead atoms. The number of nitrogens with two attached hydrogens (primary N) is 1. The molecule has 1 aliphatic rings. The van der Waals surface area contributed by atoms with E-state index in [1.54, 1.807) is 25.4 Å². The van der Waals surface area contributed by atoms with Crippen LogP contribution in [0.15, 0.2) is 42.6 Å². The third-order valence-corrected chi connectivity index (χ3v) is 4.58. The maximum absolute atomic E-state index is 12.4. The topological polar surface area (TPSA) is 86.5 Å². The molecule has 1 saturated carbocycles. The summed E-state index contributed by atoms with van der Waals surface area (Å²) in [5.74, 6) is 2.20. The number of ether oxygens (including phenoxy) is 2. The van der Waals surface area contributed by atoms with E-state index in [0.717, 1.165) is 25.0 Å². The van der Waals surface area contributed by atoms with E-state index in [0.29, 0.717) is 23.9 Å². The lowest BCUT2D eigenvalue weighted by molar-refractivity contribution is -0.120. The summed E-state index contributed by atoms with van der Waals surface area (Å²) in [6, 6.07) is 10.8. The van der Waals surface area contributed by atoms with Gasteiger partial charge < -0.3 is 20.5 Å². The number of carbonyl (C=O) groups is 1. The average molecular weight is 414 g/mol. The Morgan fingerprint density at radius 3 is 2.44 bits per heavy atom. The molecule has 0 saturated heterocycles. The molecule has 1 aliphatic carbocycles. The van der Waals surface area contributed by atoms with E-state index in [-0.39, 0.29) is 42.6 Å². The largest absolute Gasteiger partial charge is 0.497 e. The number of amides is 1. The van der Waals surface area contributed by atoms with E-state index >= 15 is 0 Å². The minimum absolute atomic E-state index is 0. The van der Waals surface area contributed by atoms with Crippen LogP contribution >= 0.6 is 24.8 Å². The molecule has 0 radical (unpaired) electrons. The van der Waals surface area contributed by atoms with Crippen LogP contribution in [0.2, 0.25) is 0 Å². The molecule has 3 N–H and O–H groups in total. The summed E-state index contributed by atoms with van der Waals surface area (Å²) in [5, 5.41) is 2.93. The predicted molar refractivity (Wildman–Crippen MR) is 110 cm³/mol. The highest BCUT2D eigenvalue weighted by molar-refractivity contribution is 5.92. The van der Waals surface area contributed by atoms with Crippen molar-refractivity contribution in [2.24, 2.45) is 17.6 Å². The summed E-state index contributed by atoms with van der Waals surface area (Å²) in [4.78, 5) is 16.6. The van der Waals surface area contributed by atoms with Crippen molar-refractivity contribution in [2.45, 2.75) is 19.3 Å². The number of carbonyl (C=O) groups excluding carboxylic acids is 1. The quantitative estimate of drug-likeness (QED) is 0.745. The molecule has 148 valence electrons. The zero-order valence-electron chi connectivity index (χ0n) is 15.1. The summed E-state index contributed by atoms with van der Waals surface area (Å²) in [6.07, 6.45) is 4.59. The number of hydrogen-bond acceptors (Lipinski definition) is 5. The van der Waals surface area contributed by atoms with Gasteiger partial charge in [0.25, 0.3) is 0 Å². The van der Waals surface area contributed by atoms with E-state index in [9.17, 15) is 4.79 Å².